The summed E-state index contributed by atoms with van der Waals surface area (Å²) in [5, 5.41) is 6.64. The van der Waals surface area contributed by atoms with Gasteiger partial charge in [0.25, 0.3) is 0 Å². The smallest absolute Gasteiger partial charge is 0.0550 e. The van der Waals surface area contributed by atoms with Crippen molar-refractivity contribution >= 4 is 11.4 Å². The number of hydrogen-bond donors (Lipinski definition) is 2. The second-order valence-electron chi connectivity index (χ2n) is 4.46. The molecule has 0 saturated carbocycles. The van der Waals surface area contributed by atoms with Crippen LogP contribution in [0.5, 0.6) is 0 Å². The van der Waals surface area contributed by atoms with Gasteiger partial charge in [-0.1, -0.05) is 0 Å². The molecule has 0 aromatic carbocycles. The molecular weight excluding hydrogens is 200 g/mol. The molecule has 16 heavy (non-hydrogen) atoms. The third-order valence-corrected chi connectivity index (χ3v) is 3.02. The van der Waals surface area contributed by atoms with Gasteiger partial charge in [-0.2, -0.15) is 0 Å². The van der Waals surface area contributed by atoms with Crippen molar-refractivity contribution in [1.82, 2.24) is 9.88 Å². The number of nitrogens with one attached hydrogen (secondary N) is 2. The Morgan fingerprint density at radius 3 is 2.94 bits per heavy atom. The Kier molecular flexibility index (Phi) is 3.62. The van der Waals surface area contributed by atoms with Crippen LogP contribution in [0, 0.1) is 0 Å². The van der Waals surface area contributed by atoms with Gasteiger partial charge in [0.2, 0.25) is 0 Å². The summed E-state index contributed by atoms with van der Waals surface area (Å²) >= 11 is 0. The largest absolute Gasteiger partial charge is 0.387 e. The molecule has 2 heterocycles. The number of pyridine rings is 1. The van der Waals surface area contributed by atoms with Crippen molar-refractivity contribution in [2.24, 2.45) is 0 Å². The molecule has 4 heteroatoms. The van der Waals surface area contributed by atoms with E-state index in [1.165, 1.54) is 19.4 Å². The van der Waals surface area contributed by atoms with Crippen molar-refractivity contribution < 1.29 is 0 Å². The molecule has 1 aromatic rings. The molecule has 0 amide bonds. The Bertz CT molecular complexity index is 340. The summed E-state index contributed by atoms with van der Waals surface area (Å²) < 4.78 is 0. The Morgan fingerprint density at radius 2 is 2.19 bits per heavy atom. The molecule has 4 nitrogen and oxygen atoms in total. The molecule has 1 atom stereocenters. The fourth-order valence-corrected chi connectivity index (χ4v) is 2.18. The number of hydrogen-bond acceptors (Lipinski definition) is 4. The maximum Gasteiger partial charge on any atom is 0.0550 e. The number of aromatic nitrogens is 1. The van der Waals surface area contributed by atoms with Crippen molar-refractivity contribution in [3.8, 4) is 0 Å². The summed E-state index contributed by atoms with van der Waals surface area (Å²) in [7, 11) is 4.09. The quantitative estimate of drug-likeness (QED) is 0.812. The lowest BCUT2D eigenvalue weighted by Gasteiger charge is -2.30. The highest BCUT2D eigenvalue weighted by Crippen LogP contribution is 2.17. The van der Waals surface area contributed by atoms with E-state index < -0.39 is 0 Å². The average Bonchev–Trinajstić information content (AvgIpc) is 2.29. The summed E-state index contributed by atoms with van der Waals surface area (Å²) in [6.45, 7) is 2.33. The Hall–Kier alpha value is -1.29. The first-order valence-corrected chi connectivity index (χ1v) is 5.86. The number of piperidine rings is 1. The first kappa shape index (κ1) is 11.2. The molecule has 0 aliphatic carbocycles. The second-order valence-corrected chi connectivity index (χ2v) is 4.46. The SMILES string of the molecule is CNc1cncc(NC2CCCN(C)C2)c1. The average molecular weight is 220 g/mol. The number of anilines is 2. The van der Waals surface area contributed by atoms with E-state index in [2.05, 4.69) is 33.6 Å². The first-order chi connectivity index (χ1) is 7.78. The zero-order valence-electron chi connectivity index (χ0n) is 10.0. The minimum absolute atomic E-state index is 0.549. The van der Waals surface area contributed by atoms with Crippen molar-refractivity contribution in [2.45, 2.75) is 18.9 Å². The van der Waals surface area contributed by atoms with Gasteiger partial charge < -0.3 is 15.5 Å². The van der Waals surface area contributed by atoms with Crippen LogP contribution in [0.2, 0.25) is 0 Å². The molecule has 1 aliphatic rings. The highest BCUT2D eigenvalue weighted by molar-refractivity contribution is 5.54. The molecular formula is C12H20N4. The van der Waals surface area contributed by atoms with Crippen LogP contribution in [0.25, 0.3) is 0 Å². The number of nitrogens with zero attached hydrogens (tertiary/aromatic N) is 2. The zero-order valence-corrected chi connectivity index (χ0v) is 10.0. The van der Waals surface area contributed by atoms with Crippen LogP contribution in [0.3, 0.4) is 0 Å². The van der Waals surface area contributed by atoms with Crippen molar-refractivity contribution in [3.63, 3.8) is 0 Å². The molecule has 1 unspecified atom stereocenters. The van der Waals surface area contributed by atoms with E-state index in [9.17, 15) is 0 Å². The van der Waals surface area contributed by atoms with E-state index in [1.54, 1.807) is 0 Å². The maximum atomic E-state index is 4.20. The molecule has 0 spiro atoms. The van der Waals surface area contributed by atoms with Gasteiger partial charge in [0.15, 0.2) is 0 Å². The van der Waals surface area contributed by atoms with Gasteiger partial charge >= 0.3 is 0 Å². The van der Waals surface area contributed by atoms with Crippen LogP contribution in [0.15, 0.2) is 18.5 Å². The standard InChI is InChI=1S/C12H20N4/c1-13-11-6-12(8-14-7-11)15-10-4-3-5-16(2)9-10/h6-8,10,13,15H,3-5,9H2,1-2H3. The van der Waals surface area contributed by atoms with E-state index in [-0.39, 0.29) is 0 Å². The fourth-order valence-electron chi connectivity index (χ4n) is 2.18. The van der Waals surface area contributed by atoms with Crippen molar-refractivity contribution in [3.05, 3.63) is 18.5 Å². The van der Waals surface area contributed by atoms with Crippen LogP contribution in [-0.2, 0) is 0 Å². The van der Waals surface area contributed by atoms with Crippen LogP contribution >= 0.6 is 0 Å². The lowest BCUT2D eigenvalue weighted by atomic mass is 10.1. The number of likely N-dealkylation sites (tertiary alicyclic amines) is 1. The van der Waals surface area contributed by atoms with Gasteiger partial charge in [-0.15, -0.1) is 0 Å². The summed E-state index contributed by atoms with van der Waals surface area (Å²) in [5.41, 5.74) is 2.15. The first-order valence-electron chi connectivity index (χ1n) is 5.86. The Morgan fingerprint density at radius 1 is 1.38 bits per heavy atom. The summed E-state index contributed by atoms with van der Waals surface area (Å²) in [4.78, 5) is 6.57. The molecule has 2 N–H and O–H groups in total. The van der Waals surface area contributed by atoms with Crippen LogP contribution in [0.4, 0.5) is 11.4 Å². The molecule has 88 valence electrons. The van der Waals surface area contributed by atoms with E-state index in [0.717, 1.165) is 17.9 Å². The van der Waals surface area contributed by atoms with Crippen molar-refractivity contribution in [1.29, 1.82) is 0 Å². The minimum Gasteiger partial charge on any atom is -0.387 e. The van der Waals surface area contributed by atoms with Crippen LogP contribution < -0.4 is 10.6 Å². The Labute approximate surface area is 97.1 Å². The lowest BCUT2D eigenvalue weighted by Crippen LogP contribution is -2.39. The summed E-state index contributed by atoms with van der Waals surface area (Å²) in [6.07, 6.45) is 6.23. The molecule has 1 aromatic heterocycles. The minimum atomic E-state index is 0.549. The molecule has 1 fully saturated rings. The molecule has 1 aliphatic heterocycles. The zero-order chi connectivity index (χ0) is 11.4. The van der Waals surface area contributed by atoms with Crippen LogP contribution in [-0.4, -0.2) is 43.1 Å². The topological polar surface area (TPSA) is 40.2 Å². The van der Waals surface area contributed by atoms with E-state index in [4.69, 9.17) is 0 Å². The van der Waals surface area contributed by atoms with E-state index >= 15 is 0 Å². The monoisotopic (exact) mass is 220 g/mol. The highest BCUT2D eigenvalue weighted by Gasteiger charge is 2.16. The lowest BCUT2D eigenvalue weighted by molar-refractivity contribution is 0.261. The third kappa shape index (κ3) is 2.85. The maximum absolute atomic E-state index is 4.20. The normalized spacial score (nSPS) is 21.8. The van der Waals surface area contributed by atoms with Gasteiger partial charge in [0.05, 0.1) is 23.8 Å². The Balaban J connectivity index is 1.97. The van der Waals surface area contributed by atoms with Gasteiger partial charge in [0, 0.05) is 19.6 Å². The van der Waals surface area contributed by atoms with Gasteiger partial charge in [-0.05, 0) is 32.5 Å². The van der Waals surface area contributed by atoms with Gasteiger partial charge in [-0.3, -0.25) is 4.98 Å². The highest BCUT2D eigenvalue weighted by atomic mass is 15.1. The molecule has 1 saturated heterocycles. The van der Waals surface area contributed by atoms with Gasteiger partial charge in [-0.25, -0.2) is 0 Å². The number of likely N-dealkylation sites (N-methyl/N-ethyl adjacent to an activating group) is 1. The number of rotatable bonds is 3. The third-order valence-electron chi connectivity index (χ3n) is 3.02. The predicted octanol–water partition coefficient (Wildman–Crippen LogP) is 1.63. The molecule has 0 radical (unpaired) electrons. The van der Waals surface area contributed by atoms with Crippen molar-refractivity contribution in [2.75, 3.05) is 37.8 Å². The predicted molar refractivity (Wildman–Crippen MR) is 67.9 cm³/mol. The second kappa shape index (κ2) is 5.16. The van der Waals surface area contributed by atoms with Gasteiger partial charge in [0.1, 0.15) is 0 Å². The summed E-state index contributed by atoms with van der Waals surface area (Å²) in [6, 6.07) is 2.65. The fraction of sp³-hybridized carbons (Fsp3) is 0.583. The van der Waals surface area contributed by atoms with E-state index in [0.29, 0.717) is 6.04 Å². The van der Waals surface area contributed by atoms with Crippen LogP contribution in [0.1, 0.15) is 12.8 Å². The summed E-state index contributed by atoms with van der Waals surface area (Å²) in [5.74, 6) is 0. The molecule has 0 bridgehead atoms. The molecule has 2 rings (SSSR count). The van der Waals surface area contributed by atoms with E-state index in [1.807, 2.05) is 19.4 Å².